The average molecular weight is 269 g/mol. The monoisotopic (exact) mass is 269 g/mol. The molecule has 0 unspecified atom stereocenters. The molecule has 0 amide bonds. The number of nitrogens with one attached hydrogen (secondary N) is 1. The highest BCUT2D eigenvalue weighted by atomic mass is 16.6. The summed E-state index contributed by atoms with van der Waals surface area (Å²) in [6.45, 7) is 0. The Hall–Kier alpha value is -3.07. The van der Waals surface area contributed by atoms with Gasteiger partial charge in [-0.05, 0) is 18.2 Å². The number of hydrogen-bond donors (Lipinski definition) is 1. The molecule has 0 bridgehead atoms. The molecule has 0 fully saturated rings. The summed E-state index contributed by atoms with van der Waals surface area (Å²) in [5.41, 5.74) is 0.793. The first-order valence-corrected chi connectivity index (χ1v) is 5.70. The third-order valence-electron chi connectivity index (χ3n) is 2.55. The lowest BCUT2D eigenvalue weighted by Gasteiger charge is -2.07. The van der Waals surface area contributed by atoms with Crippen molar-refractivity contribution in [3.63, 3.8) is 0 Å². The number of nitrogens with zero attached hydrogens (tertiary/aromatic N) is 2. The van der Waals surface area contributed by atoms with Crippen molar-refractivity contribution in [2.24, 2.45) is 0 Å². The molecular weight excluding hydrogens is 258 g/mol. The van der Waals surface area contributed by atoms with Crippen molar-refractivity contribution in [3.8, 4) is 23.8 Å². The van der Waals surface area contributed by atoms with Crippen LogP contribution in [0.2, 0.25) is 0 Å². The first-order chi connectivity index (χ1) is 9.63. The van der Waals surface area contributed by atoms with E-state index in [1.165, 1.54) is 12.3 Å². The number of anilines is 1. The number of terminal acetylenes is 1. The smallest absolute Gasteiger partial charge is 0.296 e. The van der Waals surface area contributed by atoms with E-state index in [2.05, 4.69) is 16.2 Å². The van der Waals surface area contributed by atoms with Gasteiger partial charge < -0.3 is 10.1 Å². The summed E-state index contributed by atoms with van der Waals surface area (Å²) in [6, 6.07) is 7.77. The van der Waals surface area contributed by atoms with Gasteiger partial charge >= 0.3 is 0 Å². The highest BCUT2D eigenvalue weighted by molar-refractivity contribution is 5.63. The number of aromatic nitrogens is 1. The predicted octanol–water partition coefficient (Wildman–Crippen LogP) is 2.81. The summed E-state index contributed by atoms with van der Waals surface area (Å²) in [4.78, 5) is 14.4. The Bertz CT molecular complexity index is 692. The van der Waals surface area contributed by atoms with Gasteiger partial charge in [0.15, 0.2) is 0 Å². The van der Waals surface area contributed by atoms with E-state index < -0.39 is 4.92 Å². The number of benzene rings is 1. The van der Waals surface area contributed by atoms with Crippen LogP contribution in [0, 0.1) is 22.5 Å². The van der Waals surface area contributed by atoms with Gasteiger partial charge in [-0.2, -0.15) is 0 Å². The third-order valence-corrected chi connectivity index (χ3v) is 2.55. The molecule has 0 saturated heterocycles. The van der Waals surface area contributed by atoms with Crippen LogP contribution in [0.15, 0.2) is 36.5 Å². The molecule has 100 valence electrons. The molecule has 2 rings (SSSR count). The minimum atomic E-state index is -0.474. The largest absolute Gasteiger partial charge is 0.457 e. The Kier molecular flexibility index (Phi) is 3.82. The van der Waals surface area contributed by atoms with E-state index in [9.17, 15) is 10.1 Å². The average Bonchev–Trinajstić information content (AvgIpc) is 2.47. The fourth-order valence-corrected chi connectivity index (χ4v) is 1.63. The Morgan fingerprint density at radius 3 is 2.75 bits per heavy atom. The lowest BCUT2D eigenvalue weighted by molar-refractivity contribution is -0.384. The summed E-state index contributed by atoms with van der Waals surface area (Å²) in [5.74, 6) is 3.22. The molecule has 1 aromatic carbocycles. The molecule has 0 aliphatic heterocycles. The summed E-state index contributed by atoms with van der Waals surface area (Å²) in [6.07, 6.45) is 6.76. The van der Waals surface area contributed by atoms with Crippen LogP contribution in [0.4, 0.5) is 11.4 Å². The van der Waals surface area contributed by atoms with Gasteiger partial charge in [-0.25, -0.2) is 4.98 Å². The van der Waals surface area contributed by atoms with Crippen LogP contribution in [-0.4, -0.2) is 17.0 Å². The standard InChI is InChI=1S/C14H11N3O3/c1-3-10-8-12(6-7-16-10)20-11-4-5-13(15-2)14(9-11)17(18)19/h1,4-9,15H,2H3. The van der Waals surface area contributed by atoms with E-state index in [0.717, 1.165) is 0 Å². The van der Waals surface area contributed by atoms with Crippen LogP contribution >= 0.6 is 0 Å². The highest BCUT2D eigenvalue weighted by Crippen LogP contribution is 2.31. The lowest BCUT2D eigenvalue weighted by atomic mass is 10.2. The van der Waals surface area contributed by atoms with Crippen LogP contribution in [0.3, 0.4) is 0 Å². The van der Waals surface area contributed by atoms with E-state index in [1.54, 1.807) is 31.3 Å². The normalized spacial score (nSPS) is 9.60. The van der Waals surface area contributed by atoms with Crippen molar-refractivity contribution in [2.75, 3.05) is 12.4 Å². The van der Waals surface area contributed by atoms with Crippen LogP contribution in [0.25, 0.3) is 0 Å². The van der Waals surface area contributed by atoms with E-state index in [0.29, 0.717) is 22.9 Å². The highest BCUT2D eigenvalue weighted by Gasteiger charge is 2.14. The second kappa shape index (κ2) is 5.71. The summed E-state index contributed by atoms with van der Waals surface area (Å²) in [5, 5.41) is 13.7. The topological polar surface area (TPSA) is 77.3 Å². The van der Waals surface area contributed by atoms with Crippen molar-refractivity contribution in [1.29, 1.82) is 0 Å². The predicted molar refractivity (Wildman–Crippen MR) is 74.9 cm³/mol. The quantitative estimate of drug-likeness (QED) is 0.524. The van der Waals surface area contributed by atoms with Crippen molar-refractivity contribution in [1.82, 2.24) is 4.98 Å². The summed E-state index contributed by atoms with van der Waals surface area (Å²) < 4.78 is 5.54. The molecule has 1 aromatic heterocycles. The number of ether oxygens (including phenoxy) is 1. The fourth-order valence-electron chi connectivity index (χ4n) is 1.63. The number of hydrogen-bond acceptors (Lipinski definition) is 5. The van der Waals surface area contributed by atoms with E-state index in [1.807, 2.05) is 0 Å². The molecule has 1 heterocycles. The summed E-state index contributed by atoms with van der Waals surface area (Å²) >= 11 is 0. The molecule has 6 heteroatoms. The van der Waals surface area contributed by atoms with Crippen LogP contribution in [0.1, 0.15) is 5.69 Å². The van der Waals surface area contributed by atoms with Crippen molar-refractivity contribution < 1.29 is 9.66 Å². The van der Waals surface area contributed by atoms with Crippen LogP contribution in [0.5, 0.6) is 11.5 Å². The van der Waals surface area contributed by atoms with Gasteiger partial charge in [0.25, 0.3) is 5.69 Å². The van der Waals surface area contributed by atoms with Gasteiger partial charge in [0.2, 0.25) is 0 Å². The molecule has 0 spiro atoms. The van der Waals surface area contributed by atoms with E-state index >= 15 is 0 Å². The zero-order chi connectivity index (χ0) is 14.5. The third kappa shape index (κ3) is 2.84. The number of nitro groups is 1. The molecular formula is C14H11N3O3. The first-order valence-electron chi connectivity index (χ1n) is 5.70. The van der Waals surface area contributed by atoms with Gasteiger partial charge in [-0.1, -0.05) is 5.92 Å². The van der Waals surface area contributed by atoms with Gasteiger partial charge in [0.05, 0.1) is 11.0 Å². The molecule has 0 saturated carbocycles. The number of nitro benzene ring substituents is 1. The van der Waals surface area contributed by atoms with Crippen molar-refractivity contribution >= 4 is 11.4 Å². The Balaban J connectivity index is 2.32. The van der Waals surface area contributed by atoms with Gasteiger partial charge in [0.1, 0.15) is 22.9 Å². The molecule has 6 nitrogen and oxygen atoms in total. The van der Waals surface area contributed by atoms with Gasteiger partial charge in [-0.3, -0.25) is 10.1 Å². The Labute approximate surface area is 115 Å². The molecule has 0 atom stereocenters. The zero-order valence-corrected chi connectivity index (χ0v) is 10.7. The molecule has 0 aliphatic rings. The lowest BCUT2D eigenvalue weighted by Crippen LogP contribution is -1.97. The second-order valence-corrected chi connectivity index (χ2v) is 3.81. The molecule has 1 N–H and O–H groups in total. The van der Waals surface area contributed by atoms with Crippen molar-refractivity contribution in [3.05, 3.63) is 52.3 Å². The van der Waals surface area contributed by atoms with Gasteiger partial charge in [-0.15, -0.1) is 6.42 Å². The maximum Gasteiger partial charge on any atom is 0.296 e. The zero-order valence-electron chi connectivity index (χ0n) is 10.7. The second-order valence-electron chi connectivity index (χ2n) is 3.81. The number of rotatable bonds is 4. The van der Waals surface area contributed by atoms with Crippen LogP contribution < -0.4 is 10.1 Å². The minimum Gasteiger partial charge on any atom is -0.457 e. The first kappa shape index (κ1) is 13.4. The SMILES string of the molecule is C#Cc1cc(Oc2ccc(NC)c([N+](=O)[O-])c2)ccn1. The molecule has 20 heavy (non-hydrogen) atoms. The maximum absolute atomic E-state index is 11.0. The number of pyridine rings is 1. The summed E-state index contributed by atoms with van der Waals surface area (Å²) in [7, 11) is 1.62. The van der Waals surface area contributed by atoms with Gasteiger partial charge in [0, 0.05) is 19.3 Å². The molecule has 0 radical (unpaired) electrons. The van der Waals surface area contributed by atoms with Crippen LogP contribution in [-0.2, 0) is 0 Å². The van der Waals surface area contributed by atoms with Crippen molar-refractivity contribution in [2.45, 2.75) is 0 Å². The Morgan fingerprint density at radius 2 is 2.10 bits per heavy atom. The molecule has 0 aliphatic carbocycles. The maximum atomic E-state index is 11.0. The minimum absolute atomic E-state index is 0.0590. The molecule has 2 aromatic rings. The van der Waals surface area contributed by atoms with E-state index in [-0.39, 0.29) is 5.69 Å². The Morgan fingerprint density at radius 1 is 1.35 bits per heavy atom. The van der Waals surface area contributed by atoms with E-state index in [4.69, 9.17) is 11.2 Å². The fraction of sp³-hybridized carbons (Fsp3) is 0.0714.